The molecule has 1 saturated heterocycles. The van der Waals surface area contributed by atoms with Crippen molar-refractivity contribution in [2.24, 2.45) is 0 Å². The number of anilines is 1. The first-order chi connectivity index (χ1) is 10.3. The normalized spacial score (nSPS) is 18.5. The first kappa shape index (κ1) is 14.4. The Labute approximate surface area is 133 Å². The average Bonchev–Trinajstić information content (AvgIpc) is 2.55. The number of piperazine rings is 1. The lowest BCUT2D eigenvalue weighted by molar-refractivity contribution is 0.266. The highest BCUT2D eigenvalue weighted by atomic mass is 79.9. The molecule has 21 heavy (non-hydrogen) atoms. The van der Waals surface area contributed by atoms with E-state index in [0.717, 1.165) is 29.9 Å². The second-order valence-corrected chi connectivity index (χ2v) is 5.94. The van der Waals surface area contributed by atoms with Crippen LogP contribution in [-0.2, 0) is 0 Å². The van der Waals surface area contributed by atoms with Crippen LogP contribution >= 0.6 is 15.9 Å². The summed E-state index contributed by atoms with van der Waals surface area (Å²) in [4.78, 5) is 6.48. The minimum absolute atomic E-state index is 0.320. The zero-order valence-corrected chi connectivity index (χ0v) is 13.3. The molecule has 1 N–H and O–H groups in total. The van der Waals surface area contributed by atoms with Crippen molar-refractivity contribution >= 4 is 21.6 Å². The van der Waals surface area contributed by atoms with Gasteiger partial charge in [0.25, 0.3) is 0 Å². The molecule has 1 aliphatic heterocycles. The Hall–Kier alpha value is -1.59. The number of hydrogen-bond acceptors (Lipinski definition) is 4. The molecule has 110 valence electrons. The van der Waals surface area contributed by atoms with Crippen molar-refractivity contribution in [1.29, 1.82) is 0 Å². The molecule has 1 aromatic heterocycles. The number of ether oxygens (including phenoxy) is 1. The zero-order valence-electron chi connectivity index (χ0n) is 11.7. The van der Waals surface area contributed by atoms with Gasteiger partial charge in [-0.3, -0.25) is 4.98 Å². The zero-order chi connectivity index (χ0) is 14.5. The SMILES string of the molecule is Brc1ccc(N2CCNCC2COc2cccnc2)cc1. The van der Waals surface area contributed by atoms with E-state index in [-0.39, 0.29) is 0 Å². The molecule has 1 aliphatic rings. The van der Waals surface area contributed by atoms with E-state index < -0.39 is 0 Å². The minimum Gasteiger partial charge on any atom is -0.490 e. The van der Waals surface area contributed by atoms with Gasteiger partial charge in [0.2, 0.25) is 0 Å². The van der Waals surface area contributed by atoms with Crippen molar-refractivity contribution in [3.05, 3.63) is 53.3 Å². The highest BCUT2D eigenvalue weighted by Crippen LogP contribution is 2.21. The lowest BCUT2D eigenvalue weighted by atomic mass is 10.1. The highest BCUT2D eigenvalue weighted by molar-refractivity contribution is 9.10. The van der Waals surface area contributed by atoms with Gasteiger partial charge in [0.1, 0.15) is 12.4 Å². The molecule has 3 rings (SSSR count). The number of benzene rings is 1. The van der Waals surface area contributed by atoms with E-state index in [2.05, 4.69) is 55.4 Å². The minimum atomic E-state index is 0.320. The summed E-state index contributed by atoms with van der Waals surface area (Å²) in [5.41, 5.74) is 1.24. The Balaban J connectivity index is 1.68. The van der Waals surface area contributed by atoms with E-state index in [1.165, 1.54) is 5.69 Å². The van der Waals surface area contributed by atoms with Gasteiger partial charge in [-0.15, -0.1) is 0 Å². The van der Waals surface area contributed by atoms with Crippen LogP contribution in [0.15, 0.2) is 53.3 Å². The summed E-state index contributed by atoms with van der Waals surface area (Å²) in [5, 5.41) is 3.44. The van der Waals surface area contributed by atoms with E-state index in [9.17, 15) is 0 Å². The lowest BCUT2D eigenvalue weighted by Crippen LogP contribution is -2.54. The van der Waals surface area contributed by atoms with Gasteiger partial charge in [-0.1, -0.05) is 15.9 Å². The number of rotatable bonds is 4. The molecule has 4 nitrogen and oxygen atoms in total. The predicted octanol–water partition coefficient (Wildman–Crippen LogP) is 2.70. The van der Waals surface area contributed by atoms with Gasteiger partial charge < -0.3 is 15.0 Å². The molecule has 0 aliphatic carbocycles. The van der Waals surface area contributed by atoms with Gasteiger partial charge in [0, 0.05) is 36.0 Å². The van der Waals surface area contributed by atoms with Gasteiger partial charge in [0.05, 0.1) is 12.2 Å². The molecular weight excluding hydrogens is 330 g/mol. The monoisotopic (exact) mass is 347 g/mol. The fourth-order valence-electron chi connectivity index (χ4n) is 2.51. The van der Waals surface area contributed by atoms with Crippen LogP contribution in [-0.4, -0.2) is 37.3 Å². The first-order valence-electron chi connectivity index (χ1n) is 7.09. The van der Waals surface area contributed by atoms with Crippen molar-refractivity contribution in [2.45, 2.75) is 6.04 Å². The Bertz CT molecular complexity index is 561. The van der Waals surface area contributed by atoms with Gasteiger partial charge in [-0.25, -0.2) is 0 Å². The Kier molecular flexibility index (Phi) is 4.72. The third kappa shape index (κ3) is 3.74. The molecule has 1 fully saturated rings. The van der Waals surface area contributed by atoms with Crippen LogP contribution in [0.5, 0.6) is 5.75 Å². The standard InChI is InChI=1S/C16H18BrN3O/c17-13-3-5-14(6-4-13)20-9-8-19-10-15(20)12-21-16-2-1-7-18-11-16/h1-7,11,15,19H,8-10,12H2. The van der Waals surface area contributed by atoms with Crippen LogP contribution in [0.25, 0.3) is 0 Å². The first-order valence-corrected chi connectivity index (χ1v) is 7.88. The van der Waals surface area contributed by atoms with E-state index in [1.54, 1.807) is 12.4 Å². The van der Waals surface area contributed by atoms with Crippen LogP contribution in [0.2, 0.25) is 0 Å². The summed E-state index contributed by atoms with van der Waals surface area (Å²) in [6.07, 6.45) is 3.50. The smallest absolute Gasteiger partial charge is 0.137 e. The molecule has 0 bridgehead atoms. The molecule has 1 atom stereocenters. The van der Waals surface area contributed by atoms with Crippen LogP contribution in [0.4, 0.5) is 5.69 Å². The molecule has 2 aromatic rings. The summed E-state index contributed by atoms with van der Waals surface area (Å²) in [5.74, 6) is 0.818. The molecule has 0 saturated carbocycles. The molecule has 0 amide bonds. The van der Waals surface area contributed by atoms with Gasteiger partial charge in [0.15, 0.2) is 0 Å². The van der Waals surface area contributed by atoms with E-state index in [0.29, 0.717) is 12.6 Å². The van der Waals surface area contributed by atoms with Gasteiger partial charge in [-0.2, -0.15) is 0 Å². The van der Waals surface area contributed by atoms with Crippen molar-refractivity contribution in [2.75, 3.05) is 31.1 Å². The molecule has 1 aromatic carbocycles. The maximum Gasteiger partial charge on any atom is 0.137 e. The molecule has 5 heteroatoms. The van der Waals surface area contributed by atoms with Crippen LogP contribution < -0.4 is 15.0 Å². The third-order valence-electron chi connectivity index (χ3n) is 3.59. The molecule has 0 spiro atoms. The predicted molar refractivity (Wildman–Crippen MR) is 87.9 cm³/mol. The number of hydrogen-bond donors (Lipinski definition) is 1. The summed E-state index contributed by atoms with van der Waals surface area (Å²) < 4.78 is 6.97. The van der Waals surface area contributed by atoms with E-state index in [1.807, 2.05) is 12.1 Å². The fraction of sp³-hybridized carbons (Fsp3) is 0.312. The van der Waals surface area contributed by atoms with Crippen LogP contribution in [0.3, 0.4) is 0 Å². The Morgan fingerprint density at radius 2 is 2.14 bits per heavy atom. The average molecular weight is 348 g/mol. The Morgan fingerprint density at radius 3 is 2.90 bits per heavy atom. The van der Waals surface area contributed by atoms with Crippen LogP contribution in [0.1, 0.15) is 0 Å². The van der Waals surface area contributed by atoms with Gasteiger partial charge >= 0.3 is 0 Å². The van der Waals surface area contributed by atoms with E-state index >= 15 is 0 Å². The van der Waals surface area contributed by atoms with Crippen molar-refractivity contribution in [3.63, 3.8) is 0 Å². The number of nitrogens with zero attached hydrogens (tertiary/aromatic N) is 2. The Morgan fingerprint density at radius 1 is 1.29 bits per heavy atom. The van der Waals surface area contributed by atoms with Crippen LogP contribution in [0, 0.1) is 0 Å². The fourth-order valence-corrected chi connectivity index (χ4v) is 2.77. The third-order valence-corrected chi connectivity index (χ3v) is 4.11. The molecular formula is C16H18BrN3O. The number of halogens is 1. The second kappa shape index (κ2) is 6.91. The van der Waals surface area contributed by atoms with Gasteiger partial charge in [-0.05, 0) is 36.4 Å². The highest BCUT2D eigenvalue weighted by Gasteiger charge is 2.23. The largest absolute Gasteiger partial charge is 0.490 e. The summed E-state index contributed by atoms with van der Waals surface area (Å²) in [7, 11) is 0. The van der Waals surface area contributed by atoms with Crippen molar-refractivity contribution in [1.82, 2.24) is 10.3 Å². The van der Waals surface area contributed by atoms with Crippen molar-refractivity contribution in [3.8, 4) is 5.75 Å². The number of aromatic nitrogens is 1. The maximum absolute atomic E-state index is 5.87. The quantitative estimate of drug-likeness (QED) is 0.922. The van der Waals surface area contributed by atoms with Crippen molar-refractivity contribution < 1.29 is 4.74 Å². The second-order valence-electron chi connectivity index (χ2n) is 5.03. The number of nitrogens with one attached hydrogen (secondary N) is 1. The van der Waals surface area contributed by atoms with E-state index in [4.69, 9.17) is 4.74 Å². The molecule has 1 unspecified atom stereocenters. The lowest BCUT2D eigenvalue weighted by Gasteiger charge is -2.37. The summed E-state index contributed by atoms with van der Waals surface area (Å²) in [6, 6.07) is 12.6. The number of pyridine rings is 1. The maximum atomic E-state index is 5.87. The topological polar surface area (TPSA) is 37.4 Å². The summed E-state index contributed by atoms with van der Waals surface area (Å²) in [6.45, 7) is 3.56. The summed E-state index contributed by atoms with van der Waals surface area (Å²) >= 11 is 3.48. The molecule has 0 radical (unpaired) electrons. The molecule has 2 heterocycles.